The van der Waals surface area contributed by atoms with Gasteiger partial charge in [-0.05, 0) is 41.6 Å². The first-order chi connectivity index (χ1) is 14.5. The van der Waals surface area contributed by atoms with Crippen LogP contribution in [0.25, 0.3) is 0 Å². The van der Waals surface area contributed by atoms with E-state index in [1.165, 1.54) is 9.70 Å². The number of hydrogen-bond donors (Lipinski definition) is 1. The summed E-state index contributed by atoms with van der Waals surface area (Å²) >= 11 is 3.35. The molecule has 0 saturated heterocycles. The maximum atomic E-state index is 12.4. The summed E-state index contributed by atoms with van der Waals surface area (Å²) < 4.78 is 6.47. The van der Waals surface area contributed by atoms with Crippen LogP contribution in [0.1, 0.15) is 26.5 Å². The van der Waals surface area contributed by atoms with Gasteiger partial charge in [0.05, 0.1) is 17.7 Å². The van der Waals surface area contributed by atoms with E-state index in [-0.39, 0.29) is 37.9 Å². The normalized spacial score (nSPS) is 14.1. The molecule has 1 aromatic heterocycles. The lowest BCUT2D eigenvalue weighted by Gasteiger charge is -2.12. The highest BCUT2D eigenvalue weighted by Crippen LogP contribution is 2.22. The van der Waals surface area contributed by atoms with Crippen molar-refractivity contribution in [3.63, 3.8) is 0 Å². The lowest BCUT2D eigenvalue weighted by Crippen LogP contribution is -2.32. The summed E-state index contributed by atoms with van der Waals surface area (Å²) in [5.74, 6) is 0.394. The number of hydrogen-bond acceptors (Lipinski definition) is 7. The standard InChI is InChI=1S/C20H18BrN5O4/c21-13-5-7-15(8-6-13)30-12-14(27)11-26-23-18(22-24-26)9-10-25-19(28)16-3-1-2-4-17(16)20(25)29/h1-8,14,27H,9-12H2/t14-/m0/s1. The van der Waals surface area contributed by atoms with Crippen molar-refractivity contribution < 1.29 is 19.4 Å². The number of aliphatic hydroxyl groups excluding tert-OH is 1. The topological polar surface area (TPSA) is 110 Å². The Morgan fingerprint density at radius 2 is 1.70 bits per heavy atom. The van der Waals surface area contributed by atoms with E-state index in [1.54, 1.807) is 36.4 Å². The van der Waals surface area contributed by atoms with E-state index in [4.69, 9.17) is 4.74 Å². The number of imide groups is 1. The highest BCUT2D eigenvalue weighted by molar-refractivity contribution is 9.10. The molecule has 3 aromatic rings. The van der Waals surface area contributed by atoms with Crippen LogP contribution < -0.4 is 4.74 Å². The van der Waals surface area contributed by atoms with Crippen molar-refractivity contribution in [2.24, 2.45) is 0 Å². The predicted octanol–water partition coefficient (Wildman–Crippen LogP) is 1.71. The molecule has 0 aliphatic carbocycles. The van der Waals surface area contributed by atoms with Crippen molar-refractivity contribution >= 4 is 27.7 Å². The van der Waals surface area contributed by atoms with Crippen molar-refractivity contribution in [3.05, 3.63) is 70.0 Å². The van der Waals surface area contributed by atoms with Crippen LogP contribution in [0.4, 0.5) is 0 Å². The summed E-state index contributed by atoms with van der Waals surface area (Å²) in [5.41, 5.74) is 0.820. The van der Waals surface area contributed by atoms with Gasteiger partial charge < -0.3 is 9.84 Å². The van der Waals surface area contributed by atoms with Gasteiger partial charge in [-0.2, -0.15) is 4.80 Å². The largest absolute Gasteiger partial charge is 0.491 e. The number of rotatable bonds is 8. The smallest absolute Gasteiger partial charge is 0.261 e. The van der Waals surface area contributed by atoms with Crippen molar-refractivity contribution in [1.29, 1.82) is 0 Å². The number of tetrazole rings is 1. The number of nitrogens with zero attached hydrogens (tertiary/aromatic N) is 5. The number of halogens is 1. The number of aromatic nitrogens is 4. The van der Waals surface area contributed by atoms with Crippen molar-refractivity contribution in [2.45, 2.75) is 19.1 Å². The monoisotopic (exact) mass is 471 g/mol. The van der Waals surface area contributed by atoms with E-state index >= 15 is 0 Å². The zero-order chi connectivity index (χ0) is 21.1. The van der Waals surface area contributed by atoms with E-state index in [0.717, 1.165) is 4.47 Å². The molecule has 1 N–H and O–H groups in total. The third-order valence-electron chi connectivity index (χ3n) is 4.56. The number of aliphatic hydroxyl groups is 1. The molecule has 9 nitrogen and oxygen atoms in total. The van der Waals surface area contributed by atoms with Crippen LogP contribution in [0.15, 0.2) is 53.0 Å². The molecule has 154 valence electrons. The van der Waals surface area contributed by atoms with Gasteiger partial charge in [-0.1, -0.05) is 28.1 Å². The van der Waals surface area contributed by atoms with Crippen molar-refractivity contribution in [3.8, 4) is 5.75 Å². The van der Waals surface area contributed by atoms with Gasteiger partial charge in [0.2, 0.25) is 0 Å². The second-order valence-electron chi connectivity index (χ2n) is 6.74. The number of amides is 2. The third-order valence-corrected chi connectivity index (χ3v) is 5.09. The first-order valence-electron chi connectivity index (χ1n) is 9.29. The molecule has 0 saturated carbocycles. The molecule has 1 aliphatic rings. The second-order valence-corrected chi connectivity index (χ2v) is 7.65. The van der Waals surface area contributed by atoms with Gasteiger partial charge >= 0.3 is 0 Å². The molecule has 1 atom stereocenters. The minimum Gasteiger partial charge on any atom is -0.491 e. The number of carbonyl (C=O) groups is 2. The summed E-state index contributed by atoms with van der Waals surface area (Å²) in [6, 6.07) is 14.0. The molecule has 2 heterocycles. The Kier molecular flexibility index (Phi) is 5.86. The van der Waals surface area contributed by atoms with Gasteiger partial charge in [0.15, 0.2) is 5.82 Å². The fourth-order valence-corrected chi connectivity index (χ4v) is 3.34. The first-order valence-corrected chi connectivity index (χ1v) is 10.1. The molecule has 0 bridgehead atoms. The Morgan fingerprint density at radius 3 is 2.37 bits per heavy atom. The lowest BCUT2D eigenvalue weighted by atomic mass is 10.1. The zero-order valence-electron chi connectivity index (χ0n) is 15.8. The quantitative estimate of drug-likeness (QED) is 0.497. The van der Waals surface area contributed by atoms with Crippen molar-refractivity contribution in [2.75, 3.05) is 13.2 Å². The molecule has 1 aliphatic heterocycles. The fraction of sp³-hybridized carbons (Fsp3) is 0.250. The van der Waals surface area contributed by atoms with Crippen LogP contribution in [0.3, 0.4) is 0 Å². The Hall–Kier alpha value is -3.11. The lowest BCUT2D eigenvalue weighted by molar-refractivity contribution is 0.0655. The fourth-order valence-electron chi connectivity index (χ4n) is 3.07. The molecule has 30 heavy (non-hydrogen) atoms. The number of carbonyl (C=O) groups excluding carboxylic acids is 2. The van der Waals surface area contributed by atoms with E-state index in [1.807, 2.05) is 12.1 Å². The molecule has 0 radical (unpaired) electrons. The van der Waals surface area contributed by atoms with Crippen LogP contribution in [-0.2, 0) is 13.0 Å². The average molecular weight is 472 g/mol. The molecular formula is C20H18BrN5O4. The highest BCUT2D eigenvalue weighted by Gasteiger charge is 2.34. The number of ether oxygens (including phenoxy) is 1. The minimum absolute atomic E-state index is 0.0769. The molecular weight excluding hydrogens is 454 g/mol. The van der Waals surface area contributed by atoms with Gasteiger partial charge in [-0.3, -0.25) is 14.5 Å². The predicted molar refractivity (Wildman–Crippen MR) is 109 cm³/mol. The summed E-state index contributed by atoms with van der Waals surface area (Å²) in [6.07, 6.45) is -0.552. The maximum Gasteiger partial charge on any atom is 0.261 e. The van der Waals surface area contributed by atoms with Crippen LogP contribution in [0, 0.1) is 0 Å². The Balaban J connectivity index is 1.28. The SMILES string of the molecule is O=C1c2ccccc2C(=O)N1CCc1nnn(C[C@H](O)COc2ccc(Br)cc2)n1. The van der Waals surface area contributed by atoms with Gasteiger partial charge in [-0.25, -0.2) is 0 Å². The average Bonchev–Trinajstić information content (AvgIpc) is 3.29. The third kappa shape index (κ3) is 4.39. The number of fused-ring (bicyclic) bond motifs is 1. The van der Waals surface area contributed by atoms with E-state index < -0.39 is 6.10 Å². The van der Waals surface area contributed by atoms with Gasteiger partial charge in [0.25, 0.3) is 11.8 Å². The summed E-state index contributed by atoms with van der Waals surface area (Å²) in [4.78, 5) is 27.2. The Morgan fingerprint density at radius 1 is 1.03 bits per heavy atom. The maximum absolute atomic E-state index is 12.4. The van der Waals surface area contributed by atoms with Crippen LogP contribution >= 0.6 is 15.9 Å². The zero-order valence-corrected chi connectivity index (χ0v) is 17.4. The second kappa shape index (κ2) is 8.72. The Bertz CT molecular complexity index is 1030. The van der Waals surface area contributed by atoms with Gasteiger partial charge in [0, 0.05) is 17.4 Å². The van der Waals surface area contributed by atoms with Crippen LogP contribution in [-0.4, -0.2) is 61.3 Å². The van der Waals surface area contributed by atoms with Gasteiger partial charge in [-0.15, -0.1) is 10.2 Å². The Labute approximate surface area is 180 Å². The highest BCUT2D eigenvalue weighted by atomic mass is 79.9. The molecule has 4 rings (SSSR count). The van der Waals surface area contributed by atoms with Crippen LogP contribution in [0.2, 0.25) is 0 Å². The first kappa shape index (κ1) is 20.2. The van der Waals surface area contributed by atoms with Crippen LogP contribution in [0.5, 0.6) is 5.75 Å². The molecule has 10 heteroatoms. The summed E-state index contributed by atoms with van der Waals surface area (Å²) in [5, 5.41) is 22.2. The van der Waals surface area contributed by atoms with Gasteiger partial charge in [0.1, 0.15) is 18.5 Å². The molecule has 0 spiro atoms. The van der Waals surface area contributed by atoms with E-state index in [9.17, 15) is 14.7 Å². The molecule has 2 amide bonds. The minimum atomic E-state index is -0.827. The summed E-state index contributed by atoms with van der Waals surface area (Å²) in [6.45, 7) is 0.345. The molecule has 2 aromatic carbocycles. The molecule has 0 unspecified atom stereocenters. The number of benzene rings is 2. The van der Waals surface area contributed by atoms with E-state index in [2.05, 4.69) is 31.3 Å². The molecule has 0 fully saturated rings. The van der Waals surface area contributed by atoms with E-state index in [0.29, 0.717) is 22.7 Å². The van der Waals surface area contributed by atoms with Crippen molar-refractivity contribution in [1.82, 2.24) is 25.1 Å². The summed E-state index contributed by atoms with van der Waals surface area (Å²) in [7, 11) is 0.